The molecule has 1 aromatic carbocycles. The fourth-order valence-corrected chi connectivity index (χ4v) is 3.91. The van der Waals surface area contributed by atoms with E-state index in [0.717, 1.165) is 49.8 Å². The molecule has 130 valence electrons. The van der Waals surface area contributed by atoms with Crippen LogP contribution in [0.2, 0.25) is 0 Å². The minimum Gasteiger partial charge on any atom is -0.337 e. The van der Waals surface area contributed by atoms with Crippen molar-refractivity contribution >= 4 is 5.91 Å². The molecule has 0 N–H and O–H groups in total. The molecule has 0 atom stereocenters. The van der Waals surface area contributed by atoms with E-state index >= 15 is 0 Å². The normalized spacial score (nSPS) is 17.6. The monoisotopic (exact) mass is 339 g/mol. The summed E-state index contributed by atoms with van der Waals surface area (Å²) in [5, 5.41) is 8.35. The molecule has 4 rings (SSSR count). The number of hydrogen-bond acceptors (Lipinski definition) is 3. The van der Waals surface area contributed by atoms with Crippen LogP contribution in [0.1, 0.15) is 46.6 Å². The second kappa shape index (κ2) is 6.90. The predicted molar refractivity (Wildman–Crippen MR) is 92.8 cm³/mol. The summed E-state index contributed by atoms with van der Waals surface area (Å²) in [7, 11) is 0. The van der Waals surface area contributed by atoms with E-state index in [-0.39, 0.29) is 11.7 Å². The Morgan fingerprint density at radius 3 is 2.76 bits per heavy atom. The molecule has 0 radical (unpaired) electrons. The molecule has 4 nitrogen and oxygen atoms in total. The summed E-state index contributed by atoms with van der Waals surface area (Å²) in [4.78, 5) is 14.5. The summed E-state index contributed by atoms with van der Waals surface area (Å²) in [6.45, 7) is 1.41. The van der Waals surface area contributed by atoms with E-state index < -0.39 is 0 Å². The van der Waals surface area contributed by atoms with Crippen molar-refractivity contribution in [3.05, 3.63) is 58.7 Å². The van der Waals surface area contributed by atoms with E-state index in [0.29, 0.717) is 24.7 Å². The third-order valence-electron chi connectivity index (χ3n) is 5.41. The number of benzene rings is 1. The van der Waals surface area contributed by atoms with Crippen molar-refractivity contribution in [2.24, 2.45) is 5.92 Å². The van der Waals surface area contributed by atoms with Gasteiger partial charge in [0.2, 0.25) is 0 Å². The van der Waals surface area contributed by atoms with Gasteiger partial charge in [-0.05, 0) is 67.7 Å². The molecule has 1 aliphatic heterocycles. The molecular formula is C20H22FN3O. The first-order valence-electron chi connectivity index (χ1n) is 9.09. The number of carbonyl (C=O) groups excluding carboxylic acids is 1. The Kier molecular flexibility index (Phi) is 4.47. The predicted octanol–water partition coefficient (Wildman–Crippen LogP) is 3.20. The van der Waals surface area contributed by atoms with Crippen molar-refractivity contribution in [1.29, 1.82) is 0 Å². The summed E-state index contributed by atoms with van der Waals surface area (Å²) in [5.74, 6) is 0.271. The quantitative estimate of drug-likeness (QED) is 0.863. The second-order valence-electron chi connectivity index (χ2n) is 7.09. The Morgan fingerprint density at radius 2 is 1.96 bits per heavy atom. The molecule has 0 saturated carbocycles. The van der Waals surface area contributed by atoms with Crippen LogP contribution in [0.4, 0.5) is 4.39 Å². The van der Waals surface area contributed by atoms with Crippen LogP contribution in [0.15, 0.2) is 30.3 Å². The average Bonchev–Trinajstić information content (AvgIpc) is 3.11. The van der Waals surface area contributed by atoms with Crippen LogP contribution in [-0.2, 0) is 19.3 Å². The maximum Gasteiger partial charge on any atom is 0.274 e. The number of carbonyl (C=O) groups is 1. The molecule has 0 unspecified atom stereocenters. The number of rotatable bonds is 3. The summed E-state index contributed by atoms with van der Waals surface area (Å²) in [5.41, 5.74) is 3.46. The first kappa shape index (κ1) is 16.2. The Balaban J connectivity index is 1.37. The fraction of sp³-hybridized carbons (Fsp3) is 0.450. The molecule has 2 heterocycles. The number of hydrogen-bond donors (Lipinski definition) is 0. The molecule has 5 heteroatoms. The van der Waals surface area contributed by atoms with Gasteiger partial charge in [-0.1, -0.05) is 18.2 Å². The van der Waals surface area contributed by atoms with Gasteiger partial charge in [0.1, 0.15) is 5.82 Å². The number of fused-ring (bicyclic) bond motifs is 1. The topological polar surface area (TPSA) is 46.1 Å². The van der Waals surface area contributed by atoms with E-state index in [9.17, 15) is 9.18 Å². The maximum absolute atomic E-state index is 13.8. The third-order valence-corrected chi connectivity index (χ3v) is 5.41. The van der Waals surface area contributed by atoms with Crippen molar-refractivity contribution in [1.82, 2.24) is 15.1 Å². The standard InChI is InChI=1S/C20H22FN3O/c21-17-6-2-1-4-15(17)12-14-8-10-24(11-9-14)20(25)19-13-16-5-3-7-18(16)22-23-19/h1-2,4,6,13-14H,3,5,7-12H2. The molecule has 1 fully saturated rings. The van der Waals surface area contributed by atoms with Gasteiger partial charge in [-0.25, -0.2) is 4.39 Å². The molecule has 1 saturated heterocycles. The zero-order chi connectivity index (χ0) is 17.2. The SMILES string of the molecule is O=C(c1cc2c(nn1)CCC2)N1CCC(Cc2ccccc2F)CC1. The molecular weight excluding hydrogens is 317 g/mol. The van der Waals surface area contributed by atoms with E-state index in [1.807, 2.05) is 23.1 Å². The van der Waals surface area contributed by atoms with Crippen LogP contribution >= 0.6 is 0 Å². The molecule has 0 spiro atoms. The number of aryl methyl sites for hydroxylation is 2. The Bertz CT molecular complexity index is 784. The summed E-state index contributed by atoms with van der Waals surface area (Å²) in [6, 6.07) is 8.89. The third kappa shape index (κ3) is 3.41. The van der Waals surface area contributed by atoms with Gasteiger partial charge in [0.25, 0.3) is 5.91 Å². The lowest BCUT2D eigenvalue weighted by Gasteiger charge is -2.32. The van der Waals surface area contributed by atoms with Crippen LogP contribution in [-0.4, -0.2) is 34.1 Å². The number of likely N-dealkylation sites (tertiary alicyclic amines) is 1. The number of aromatic nitrogens is 2. The maximum atomic E-state index is 13.8. The Hall–Kier alpha value is -2.30. The zero-order valence-corrected chi connectivity index (χ0v) is 14.2. The first-order valence-corrected chi connectivity index (χ1v) is 9.09. The van der Waals surface area contributed by atoms with Gasteiger partial charge in [0, 0.05) is 13.1 Å². The van der Waals surface area contributed by atoms with E-state index in [1.165, 1.54) is 11.6 Å². The molecule has 1 amide bonds. The number of halogens is 1. The van der Waals surface area contributed by atoms with Crippen molar-refractivity contribution in [3.63, 3.8) is 0 Å². The molecule has 0 bridgehead atoms. The van der Waals surface area contributed by atoms with Crippen LogP contribution in [0.5, 0.6) is 0 Å². The lowest BCUT2D eigenvalue weighted by molar-refractivity contribution is 0.0683. The smallest absolute Gasteiger partial charge is 0.274 e. The summed E-state index contributed by atoms with van der Waals surface area (Å²) >= 11 is 0. The number of nitrogens with zero attached hydrogens (tertiary/aromatic N) is 3. The van der Waals surface area contributed by atoms with Crippen LogP contribution in [0, 0.1) is 11.7 Å². The lowest BCUT2D eigenvalue weighted by atomic mass is 9.90. The first-order chi connectivity index (χ1) is 12.2. The molecule has 25 heavy (non-hydrogen) atoms. The van der Waals surface area contributed by atoms with Crippen LogP contribution in [0.3, 0.4) is 0 Å². The van der Waals surface area contributed by atoms with Crippen molar-refractivity contribution in [2.45, 2.75) is 38.5 Å². The van der Waals surface area contributed by atoms with Crippen molar-refractivity contribution in [3.8, 4) is 0 Å². The highest BCUT2D eigenvalue weighted by atomic mass is 19.1. The van der Waals surface area contributed by atoms with Gasteiger partial charge >= 0.3 is 0 Å². The van der Waals surface area contributed by atoms with Gasteiger partial charge in [-0.3, -0.25) is 4.79 Å². The Labute approximate surface area is 147 Å². The number of amides is 1. The van der Waals surface area contributed by atoms with Crippen LogP contribution < -0.4 is 0 Å². The van der Waals surface area contributed by atoms with E-state index in [2.05, 4.69) is 10.2 Å². The lowest BCUT2D eigenvalue weighted by Crippen LogP contribution is -2.39. The summed E-state index contributed by atoms with van der Waals surface area (Å²) in [6.07, 6.45) is 5.61. The summed E-state index contributed by atoms with van der Waals surface area (Å²) < 4.78 is 13.8. The second-order valence-corrected chi connectivity index (χ2v) is 7.09. The van der Waals surface area contributed by atoms with Crippen LogP contribution in [0.25, 0.3) is 0 Å². The van der Waals surface area contributed by atoms with Gasteiger partial charge in [0.05, 0.1) is 5.69 Å². The highest BCUT2D eigenvalue weighted by Gasteiger charge is 2.26. The van der Waals surface area contributed by atoms with Gasteiger partial charge in [0.15, 0.2) is 5.69 Å². The van der Waals surface area contributed by atoms with E-state index in [1.54, 1.807) is 6.07 Å². The average molecular weight is 339 g/mol. The van der Waals surface area contributed by atoms with Crippen molar-refractivity contribution in [2.75, 3.05) is 13.1 Å². The van der Waals surface area contributed by atoms with Crippen molar-refractivity contribution < 1.29 is 9.18 Å². The molecule has 1 aromatic heterocycles. The molecule has 2 aliphatic rings. The highest BCUT2D eigenvalue weighted by Crippen LogP contribution is 2.25. The van der Waals surface area contributed by atoms with Gasteiger partial charge in [-0.2, -0.15) is 5.10 Å². The van der Waals surface area contributed by atoms with E-state index in [4.69, 9.17) is 0 Å². The minimum atomic E-state index is -0.130. The van der Waals surface area contributed by atoms with Gasteiger partial charge in [-0.15, -0.1) is 5.10 Å². The fourth-order valence-electron chi connectivity index (χ4n) is 3.91. The molecule has 2 aromatic rings. The Morgan fingerprint density at radius 1 is 1.16 bits per heavy atom. The molecule has 1 aliphatic carbocycles. The number of piperidine rings is 1. The zero-order valence-electron chi connectivity index (χ0n) is 14.2. The van der Waals surface area contributed by atoms with Gasteiger partial charge < -0.3 is 4.90 Å². The highest BCUT2D eigenvalue weighted by molar-refractivity contribution is 5.92. The largest absolute Gasteiger partial charge is 0.337 e. The minimum absolute atomic E-state index is 0.0217.